The van der Waals surface area contributed by atoms with Crippen molar-refractivity contribution >= 4 is 5.96 Å². The van der Waals surface area contributed by atoms with Crippen molar-refractivity contribution in [1.29, 1.82) is 0 Å². The Labute approximate surface area is 157 Å². The molecular formula is C22H31N3O. The fourth-order valence-corrected chi connectivity index (χ4v) is 2.53. The molecule has 1 atom stereocenters. The molecule has 0 heterocycles. The number of benzene rings is 2. The molecule has 2 N–H and O–H groups in total. The van der Waals surface area contributed by atoms with Crippen molar-refractivity contribution in [3.8, 4) is 0 Å². The molecule has 0 fully saturated rings. The molecule has 2 aromatic carbocycles. The molecule has 2 rings (SSSR count). The zero-order chi connectivity index (χ0) is 18.6. The third kappa shape index (κ3) is 6.89. The number of nitrogens with one attached hydrogen (secondary N) is 2. The Morgan fingerprint density at radius 2 is 1.65 bits per heavy atom. The van der Waals surface area contributed by atoms with Gasteiger partial charge in [-0.2, -0.15) is 0 Å². The molecule has 2 aromatic rings. The number of guanidine groups is 1. The molecule has 1 unspecified atom stereocenters. The summed E-state index contributed by atoms with van der Waals surface area (Å²) < 4.78 is 5.90. The maximum absolute atomic E-state index is 5.90. The SMILES string of the molecule is CCNC(=NCc1ccccc1COCc1ccccc1)NC(C)CC. The molecule has 140 valence electrons. The molecule has 0 aromatic heterocycles. The highest BCUT2D eigenvalue weighted by atomic mass is 16.5. The molecule has 0 aliphatic rings. The van der Waals surface area contributed by atoms with Gasteiger partial charge in [-0.25, -0.2) is 4.99 Å². The van der Waals surface area contributed by atoms with E-state index in [0.29, 0.717) is 25.8 Å². The van der Waals surface area contributed by atoms with E-state index in [0.717, 1.165) is 18.9 Å². The number of nitrogens with zero attached hydrogens (tertiary/aromatic N) is 1. The van der Waals surface area contributed by atoms with Crippen LogP contribution in [0.2, 0.25) is 0 Å². The fourth-order valence-electron chi connectivity index (χ4n) is 2.53. The molecule has 0 saturated heterocycles. The minimum absolute atomic E-state index is 0.400. The standard InChI is InChI=1S/C22H31N3O/c1-4-18(3)25-22(23-5-2)24-15-20-13-9-10-14-21(20)17-26-16-19-11-7-6-8-12-19/h6-14,18H,4-5,15-17H2,1-3H3,(H2,23,24,25). The van der Waals surface area contributed by atoms with Crippen LogP contribution in [0, 0.1) is 0 Å². The van der Waals surface area contributed by atoms with Crippen LogP contribution in [0.15, 0.2) is 59.6 Å². The summed E-state index contributed by atoms with van der Waals surface area (Å²) in [5, 5.41) is 6.74. The van der Waals surface area contributed by atoms with Crippen LogP contribution < -0.4 is 10.6 Å². The second-order valence-corrected chi connectivity index (χ2v) is 6.40. The fraction of sp³-hybridized carbons (Fsp3) is 0.409. The van der Waals surface area contributed by atoms with Crippen molar-refractivity contribution in [2.24, 2.45) is 4.99 Å². The van der Waals surface area contributed by atoms with Crippen molar-refractivity contribution in [3.05, 3.63) is 71.3 Å². The Balaban J connectivity index is 1.97. The topological polar surface area (TPSA) is 45.7 Å². The van der Waals surface area contributed by atoms with Crippen LogP contribution in [0.4, 0.5) is 0 Å². The maximum Gasteiger partial charge on any atom is 0.191 e. The van der Waals surface area contributed by atoms with E-state index >= 15 is 0 Å². The highest BCUT2D eigenvalue weighted by Crippen LogP contribution is 2.13. The van der Waals surface area contributed by atoms with Gasteiger partial charge in [0.1, 0.15) is 0 Å². The molecular weight excluding hydrogens is 322 g/mol. The van der Waals surface area contributed by atoms with Crippen molar-refractivity contribution in [3.63, 3.8) is 0 Å². The third-order valence-corrected chi connectivity index (χ3v) is 4.23. The average molecular weight is 354 g/mol. The van der Waals surface area contributed by atoms with Gasteiger partial charge in [-0.3, -0.25) is 0 Å². The van der Waals surface area contributed by atoms with Crippen LogP contribution in [-0.4, -0.2) is 18.5 Å². The van der Waals surface area contributed by atoms with Gasteiger partial charge in [0.2, 0.25) is 0 Å². The van der Waals surface area contributed by atoms with Gasteiger partial charge in [0.25, 0.3) is 0 Å². The van der Waals surface area contributed by atoms with Gasteiger partial charge >= 0.3 is 0 Å². The molecule has 0 bridgehead atoms. The molecule has 4 nitrogen and oxygen atoms in total. The molecule has 0 saturated carbocycles. The van der Waals surface area contributed by atoms with Gasteiger partial charge in [0.15, 0.2) is 5.96 Å². The van der Waals surface area contributed by atoms with Gasteiger partial charge < -0.3 is 15.4 Å². The zero-order valence-electron chi connectivity index (χ0n) is 16.2. The summed E-state index contributed by atoms with van der Waals surface area (Å²) in [6.07, 6.45) is 1.06. The largest absolute Gasteiger partial charge is 0.372 e. The van der Waals surface area contributed by atoms with Crippen LogP contribution in [0.3, 0.4) is 0 Å². The first kappa shape index (κ1) is 20.0. The Kier molecular flexibility index (Phi) is 8.70. The lowest BCUT2D eigenvalue weighted by molar-refractivity contribution is 0.106. The second-order valence-electron chi connectivity index (χ2n) is 6.40. The van der Waals surface area contributed by atoms with E-state index in [4.69, 9.17) is 9.73 Å². The number of aliphatic imine (C=N–C) groups is 1. The Hall–Kier alpha value is -2.33. The van der Waals surface area contributed by atoms with Crippen molar-refractivity contribution in [1.82, 2.24) is 10.6 Å². The minimum Gasteiger partial charge on any atom is -0.372 e. The van der Waals surface area contributed by atoms with E-state index in [9.17, 15) is 0 Å². The number of ether oxygens (including phenoxy) is 1. The van der Waals surface area contributed by atoms with Gasteiger partial charge in [0.05, 0.1) is 19.8 Å². The zero-order valence-corrected chi connectivity index (χ0v) is 16.2. The van der Waals surface area contributed by atoms with Gasteiger partial charge in [0, 0.05) is 12.6 Å². The summed E-state index contributed by atoms with van der Waals surface area (Å²) in [7, 11) is 0. The first-order chi connectivity index (χ1) is 12.7. The van der Waals surface area contributed by atoms with Gasteiger partial charge in [-0.1, -0.05) is 61.5 Å². The minimum atomic E-state index is 0.400. The first-order valence-electron chi connectivity index (χ1n) is 9.46. The molecule has 0 aliphatic heterocycles. The predicted octanol–water partition coefficient (Wildman–Crippen LogP) is 4.26. The van der Waals surface area contributed by atoms with Gasteiger partial charge in [-0.05, 0) is 37.0 Å². The van der Waals surface area contributed by atoms with E-state index in [1.54, 1.807) is 0 Å². The Bertz CT molecular complexity index is 670. The third-order valence-electron chi connectivity index (χ3n) is 4.23. The number of hydrogen-bond donors (Lipinski definition) is 2. The summed E-state index contributed by atoms with van der Waals surface area (Å²) in [5.41, 5.74) is 3.57. The van der Waals surface area contributed by atoms with Crippen LogP contribution in [-0.2, 0) is 24.5 Å². The molecule has 0 spiro atoms. The monoisotopic (exact) mass is 353 g/mol. The molecule has 26 heavy (non-hydrogen) atoms. The van der Waals surface area contributed by atoms with E-state index < -0.39 is 0 Å². The van der Waals surface area contributed by atoms with Crippen molar-refractivity contribution < 1.29 is 4.74 Å². The van der Waals surface area contributed by atoms with Gasteiger partial charge in [-0.15, -0.1) is 0 Å². The summed E-state index contributed by atoms with van der Waals surface area (Å²) in [5.74, 6) is 0.863. The lowest BCUT2D eigenvalue weighted by Gasteiger charge is -2.16. The summed E-state index contributed by atoms with van der Waals surface area (Å²) in [4.78, 5) is 4.74. The smallest absolute Gasteiger partial charge is 0.191 e. The van der Waals surface area contributed by atoms with Crippen LogP contribution in [0.1, 0.15) is 43.9 Å². The lowest BCUT2D eigenvalue weighted by atomic mass is 10.1. The highest BCUT2D eigenvalue weighted by molar-refractivity contribution is 5.80. The maximum atomic E-state index is 5.90. The summed E-state index contributed by atoms with van der Waals surface area (Å²) in [6.45, 7) is 9.12. The van der Waals surface area contributed by atoms with Crippen LogP contribution in [0.5, 0.6) is 0 Å². The first-order valence-corrected chi connectivity index (χ1v) is 9.46. The second kappa shape index (κ2) is 11.3. The van der Waals surface area contributed by atoms with Crippen molar-refractivity contribution in [2.45, 2.75) is 53.0 Å². The summed E-state index contributed by atoms with van der Waals surface area (Å²) in [6, 6.07) is 19.0. The van der Waals surface area contributed by atoms with E-state index in [1.807, 2.05) is 18.2 Å². The van der Waals surface area contributed by atoms with Crippen LogP contribution >= 0.6 is 0 Å². The number of rotatable bonds is 9. The Morgan fingerprint density at radius 3 is 2.35 bits per heavy atom. The van der Waals surface area contributed by atoms with Crippen molar-refractivity contribution in [2.75, 3.05) is 6.54 Å². The van der Waals surface area contributed by atoms with E-state index in [-0.39, 0.29) is 0 Å². The molecule has 0 amide bonds. The number of hydrogen-bond acceptors (Lipinski definition) is 2. The summed E-state index contributed by atoms with van der Waals surface area (Å²) >= 11 is 0. The normalized spacial score (nSPS) is 12.7. The molecule has 4 heteroatoms. The lowest BCUT2D eigenvalue weighted by Crippen LogP contribution is -2.41. The predicted molar refractivity (Wildman–Crippen MR) is 109 cm³/mol. The highest BCUT2D eigenvalue weighted by Gasteiger charge is 2.05. The molecule has 0 aliphatic carbocycles. The average Bonchev–Trinajstić information content (AvgIpc) is 2.68. The molecule has 0 radical (unpaired) electrons. The quantitative estimate of drug-likeness (QED) is 0.523. The van der Waals surface area contributed by atoms with Crippen LogP contribution in [0.25, 0.3) is 0 Å². The van der Waals surface area contributed by atoms with E-state index in [1.165, 1.54) is 16.7 Å². The Morgan fingerprint density at radius 1 is 0.962 bits per heavy atom. The van der Waals surface area contributed by atoms with E-state index in [2.05, 4.69) is 67.8 Å².